The number of nitrogens with two attached hydrogens (primary N) is 1. The van der Waals surface area contributed by atoms with Crippen LogP contribution in [-0.2, 0) is 11.3 Å². The van der Waals surface area contributed by atoms with Crippen LogP contribution < -0.4 is 5.73 Å². The molecule has 1 fully saturated rings. The molecule has 0 spiro atoms. The molecular weight excluding hydrogens is 274 g/mol. The molecule has 1 heterocycles. The molecule has 1 aliphatic heterocycles. The zero-order valence-electron chi connectivity index (χ0n) is 13.9. The van der Waals surface area contributed by atoms with Crippen LogP contribution in [0.1, 0.15) is 38.7 Å². The lowest BCUT2D eigenvalue weighted by molar-refractivity contribution is -0.136. The van der Waals surface area contributed by atoms with Gasteiger partial charge in [-0.05, 0) is 38.3 Å². The molecule has 0 bridgehead atoms. The van der Waals surface area contributed by atoms with Crippen molar-refractivity contribution in [2.24, 2.45) is 5.73 Å². The van der Waals surface area contributed by atoms with Crippen LogP contribution in [0.4, 0.5) is 0 Å². The number of hydrogen-bond acceptors (Lipinski definition) is 3. The molecule has 4 heteroatoms. The molecule has 1 aromatic carbocycles. The van der Waals surface area contributed by atoms with Crippen molar-refractivity contribution in [3.05, 3.63) is 35.9 Å². The predicted molar refractivity (Wildman–Crippen MR) is 90.4 cm³/mol. The minimum absolute atomic E-state index is 0.0977. The summed E-state index contributed by atoms with van der Waals surface area (Å²) in [6.45, 7) is 7.69. The summed E-state index contributed by atoms with van der Waals surface area (Å²) >= 11 is 0. The van der Waals surface area contributed by atoms with Crippen molar-refractivity contribution in [3.8, 4) is 0 Å². The van der Waals surface area contributed by atoms with Crippen molar-refractivity contribution in [2.75, 3.05) is 19.6 Å². The Morgan fingerprint density at radius 1 is 1.36 bits per heavy atom. The van der Waals surface area contributed by atoms with Crippen molar-refractivity contribution in [1.29, 1.82) is 0 Å². The van der Waals surface area contributed by atoms with E-state index < -0.39 is 6.04 Å². The monoisotopic (exact) mass is 303 g/mol. The molecule has 0 saturated carbocycles. The Balaban J connectivity index is 1.99. The highest BCUT2D eigenvalue weighted by Gasteiger charge is 2.29. The Labute approximate surface area is 134 Å². The molecule has 0 aliphatic carbocycles. The lowest BCUT2D eigenvalue weighted by Crippen LogP contribution is -2.53. The Hall–Kier alpha value is -1.39. The Bertz CT molecular complexity index is 461. The summed E-state index contributed by atoms with van der Waals surface area (Å²) in [6.07, 6.45) is 3.39. The fourth-order valence-corrected chi connectivity index (χ4v) is 3.19. The molecule has 0 radical (unpaired) electrons. The first-order valence-corrected chi connectivity index (χ1v) is 8.44. The lowest BCUT2D eigenvalue weighted by atomic mass is 10.00. The molecule has 2 rings (SSSR count). The quantitative estimate of drug-likeness (QED) is 0.877. The fraction of sp³-hybridized carbons (Fsp3) is 0.611. The van der Waals surface area contributed by atoms with E-state index in [0.29, 0.717) is 6.04 Å². The van der Waals surface area contributed by atoms with Gasteiger partial charge in [0.25, 0.3) is 0 Å². The van der Waals surface area contributed by atoms with Gasteiger partial charge >= 0.3 is 0 Å². The second-order valence-corrected chi connectivity index (χ2v) is 6.28. The second-order valence-electron chi connectivity index (χ2n) is 6.28. The number of carbonyl (C=O) groups excluding carboxylic acids is 1. The maximum Gasteiger partial charge on any atom is 0.239 e. The fourth-order valence-electron chi connectivity index (χ4n) is 3.19. The SMILES string of the molecule is CCN(Cc1ccccc1)C[C@@H]1CCCCN1C(=O)[C@H](C)N. The van der Waals surface area contributed by atoms with E-state index in [-0.39, 0.29) is 5.91 Å². The van der Waals surface area contributed by atoms with E-state index in [1.54, 1.807) is 6.92 Å². The van der Waals surface area contributed by atoms with Crippen LogP contribution in [0, 0.1) is 0 Å². The summed E-state index contributed by atoms with van der Waals surface area (Å²) in [5.74, 6) is 0.0977. The zero-order valence-corrected chi connectivity index (χ0v) is 13.9. The molecule has 122 valence electrons. The molecule has 0 unspecified atom stereocenters. The van der Waals surface area contributed by atoms with Gasteiger partial charge in [-0.25, -0.2) is 0 Å². The summed E-state index contributed by atoms with van der Waals surface area (Å²) in [4.78, 5) is 16.8. The molecule has 2 N–H and O–H groups in total. The molecule has 22 heavy (non-hydrogen) atoms. The van der Waals surface area contributed by atoms with Gasteiger partial charge in [-0.1, -0.05) is 37.3 Å². The van der Waals surface area contributed by atoms with E-state index in [4.69, 9.17) is 5.73 Å². The third-order valence-corrected chi connectivity index (χ3v) is 4.46. The van der Waals surface area contributed by atoms with Crippen molar-refractivity contribution in [1.82, 2.24) is 9.80 Å². The molecule has 2 atom stereocenters. The summed E-state index contributed by atoms with van der Waals surface area (Å²) in [7, 11) is 0. The molecule has 1 aromatic rings. The molecule has 1 aliphatic rings. The number of likely N-dealkylation sites (tertiary alicyclic amines) is 1. The summed E-state index contributed by atoms with van der Waals surface area (Å²) in [6, 6.07) is 10.4. The smallest absolute Gasteiger partial charge is 0.239 e. The highest BCUT2D eigenvalue weighted by molar-refractivity contribution is 5.81. The van der Waals surface area contributed by atoms with Gasteiger partial charge in [0.2, 0.25) is 5.91 Å². The molecule has 1 saturated heterocycles. The number of rotatable bonds is 6. The number of benzene rings is 1. The van der Waals surface area contributed by atoms with E-state index in [2.05, 4.69) is 36.1 Å². The van der Waals surface area contributed by atoms with Gasteiger partial charge in [0, 0.05) is 25.7 Å². The minimum atomic E-state index is -0.398. The molecule has 1 amide bonds. The number of likely N-dealkylation sites (N-methyl/N-ethyl adjacent to an activating group) is 1. The molecule has 0 aromatic heterocycles. The first kappa shape index (κ1) is 17.0. The van der Waals surface area contributed by atoms with E-state index in [9.17, 15) is 4.79 Å². The number of carbonyl (C=O) groups is 1. The Morgan fingerprint density at radius 3 is 2.73 bits per heavy atom. The average Bonchev–Trinajstić information content (AvgIpc) is 2.55. The highest BCUT2D eigenvalue weighted by atomic mass is 16.2. The first-order valence-electron chi connectivity index (χ1n) is 8.44. The molecule has 4 nitrogen and oxygen atoms in total. The maximum atomic E-state index is 12.3. The third-order valence-electron chi connectivity index (χ3n) is 4.46. The van der Waals surface area contributed by atoms with E-state index in [0.717, 1.165) is 39.0 Å². The minimum Gasteiger partial charge on any atom is -0.337 e. The number of nitrogens with zero attached hydrogens (tertiary/aromatic N) is 2. The van der Waals surface area contributed by atoms with E-state index in [1.807, 2.05) is 11.0 Å². The van der Waals surface area contributed by atoms with Crippen molar-refractivity contribution in [3.63, 3.8) is 0 Å². The van der Waals surface area contributed by atoms with Crippen LogP contribution >= 0.6 is 0 Å². The van der Waals surface area contributed by atoms with Gasteiger partial charge in [-0.2, -0.15) is 0 Å². The van der Waals surface area contributed by atoms with E-state index in [1.165, 1.54) is 12.0 Å². The van der Waals surface area contributed by atoms with Gasteiger partial charge < -0.3 is 10.6 Å². The number of hydrogen-bond donors (Lipinski definition) is 1. The van der Waals surface area contributed by atoms with Gasteiger partial charge in [0.15, 0.2) is 0 Å². The predicted octanol–water partition coefficient (Wildman–Crippen LogP) is 2.24. The van der Waals surface area contributed by atoms with Crippen molar-refractivity contribution < 1.29 is 4.79 Å². The van der Waals surface area contributed by atoms with Crippen LogP contribution in [0.25, 0.3) is 0 Å². The van der Waals surface area contributed by atoms with Crippen LogP contribution in [-0.4, -0.2) is 47.4 Å². The number of amides is 1. The lowest BCUT2D eigenvalue weighted by Gasteiger charge is -2.39. The maximum absolute atomic E-state index is 12.3. The largest absolute Gasteiger partial charge is 0.337 e. The van der Waals surface area contributed by atoms with Crippen LogP contribution in [0.5, 0.6) is 0 Å². The average molecular weight is 303 g/mol. The molecular formula is C18H29N3O. The van der Waals surface area contributed by atoms with Gasteiger partial charge in [-0.3, -0.25) is 9.69 Å². The zero-order chi connectivity index (χ0) is 15.9. The summed E-state index contributed by atoms with van der Waals surface area (Å²) in [5.41, 5.74) is 7.14. The standard InChI is InChI=1S/C18H29N3O/c1-3-20(13-16-9-5-4-6-10-16)14-17-11-7-8-12-21(17)18(22)15(2)19/h4-6,9-10,15,17H,3,7-8,11-14,19H2,1-2H3/t15-,17-/m0/s1. The van der Waals surface area contributed by atoms with Crippen molar-refractivity contribution in [2.45, 2.75) is 51.7 Å². The van der Waals surface area contributed by atoms with Gasteiger partial charge in [0.05, 0.1) is 6.04 Å². The highest BCUT2D eigenvalue weighted by Crippen LogP contribution is 2.19. The topological polar surface area (TPSA) is 49.6 Å². The van der Waals surface area contributed by atoms with Gasteiger partial charge in [-0.15, -0.1) is 0 Å². The summed E-state index contributed by atoms with van der Waals surface area (Å²) in [5, 5.41) is 0. The van der Waals surface area contributed by atoms with Crippen LogP contribution in [0.3, 0.4) is 0 Å². The Kier molecular flexibility index (Phi) is 6.40. The number of piperidine rings is 1. The van der Waals surface area contributed by atoms with Crippen molar-refractivity contribution >= 4 is 5.91 Å². The Morgan fingerprint density at radius 2 is 2.09 bits per heavy atom. The second kappa shape index (κ2) is 8.30. The van der Waals surface area contributed by atoms with Crippen LogP contribution in [0.2, 0.25) is 0 Å². The first-order chi connectivity index (χ1) is 10.6. The van der Waals surface area contributed by atoms with Gasteiger partial charge in [0.1, 0.15) is 0 Å². The summed E-state index contributed by atoms with van der Waals surface area (Å²) < 4.78 is 0. The third kappa shape index (κ3) is 4.55. The normalized spacial score (nSPS) is 20.2. The van der Waals surface area contributed by atoms with Crippen LogP contribution in [0.15, 0.2) is 30.3 Å². The van der Waals surface area contributed by atoms with E-state index >= 15 is 0 Å².